The van der Waals surface area contributed by atoms with Crippen molar-refractivity contribution in [3.63, 3.8) is 0 Å². The van der Waals surface area contributed by atoms with Gasteiger partial charge in [-0.3, -0.25) is 5.43 Å². The van der Waals surface area contributed by atoms with Crippen LogP contribution >= 0.6 is 0 Å². The Labute approximate surface area is 88.1 Å². The number of nitrogens with zero attached hydrogens (tertiary/aromatic N) is 2. The Morgan fingerprint density at radius 1 is 1.20 bits per heavy atom. The SMILES string of the molecule is c1ccc(NN=NCC2OCCO2)cc1. The summed E-state index contributed by atoms with van der Waals surface area (Å²) in [5.41, 5.74) is 3.73. The van der Waals surface area contributed by atoms with Gasteiger partial charge in [-0.1, -0.05) is 23.4 Å². The van der Waals surface area contributed by atoms with Gasteiger partial charge in [0.1, 0.15) is 6.54 Å². The molecule has 0 amide bonds. The first kappa shape index (κ1) is 10.1. The van der Waals surface area contributed by atoms with E-state index >= 15 is 0 Å². The van der Waals surface area contributed by atoms with E-state index in [-0.39, 0.29) is 6.29 Å². The fraction of sp³-hybridized carbons (Fsp3) is 0.400. The van der Waals surface area contributed by atoms with Crippen LogP contribution in [0.2, 0.25) is 0 Å². The van der Waals surface area contributed by atoms with Crippen molar-refractivity contribution in [3.05, 3.63) is 30.3 Å². The van der Waals surface area contributed by atoms with Crippen LogP contribution in [-0.2, 0) is 9.47 Å². The third kappa shape index (κ3) is 3.30. The predicted molar refractivity (Wildman–Crippen MR) is 55.5 cm³/mol. The van der Waals surface area contributed by atoms with E-state index in [0.29, 0.717) is 19.8 Å². The molecule has 5 heteroatoms. The molecule has 5 nitrogen and oxygen atoms in total. The Morgan fingerprint density at radius 3 is 2.67 bits per heavy atom. The minimum atomic E-state index is -0.230. The van der Waals surface area contributed by atoms with Gasteiger partial charge in [0.2, 0.25) is 0 Å². The van der Waals surface area contributed by atoms with Crippen LogP contribution in [0.4, 0.5) is 5.69 Å². The highest BCUT2D eigenvalue weighted by Crippen LogP contribution is 2.06. The zero-order chi connectivity index (χ0) is 10.3. The summed E-state index contributed by atoms with van der Waals surface area (Å²) in [7, 11) is 0. The standard InChI is InChI=1S/C10H13N3O2/c1-2-4-9(5-3-1)12-13-11-8-10-14-6-7-15-10/h1-5,10H,6-8H2,(H,11,12). The number of nitrogens with one attached hydrogen (secondary N) is 1. The Morgan fingerprint density at radius 2 is 1.93 bits per heavy atom. The summed E-state index contributed by atoms with van der Waals surface area (Å²) in [5.74, 6) is 0. The van der Waals surface area contributed by atoms with E-state index in [1.807, 2.05) is 30.3 Å². The van der Waals surface area contributed by atoms with Crippen LogP contribution in [0.3, 0.4) is 0 Å². The number of rotatable bonds is 4. The van der Waals surface area contributed by atoms with Crippen molar-refractivity contribution in [1.82, 2.24) is 0 Å². The fourth-order valence-corrected chi connectivity index (χ4v) is 1.23. The Hall–Kier alpha value is -1.46. The molecule has 1 aromatic rings. The van der Waals surface area contributed by atoms with Crippen LogP contribution < -0.4 is 5.43 Å². The zero-order valence-electron chi connectivity index (χ0n) is 8.30. The minimum Gasteiger partial charge on any atom is -0.348 e. The molecule has 80 valence electrons. The number of hydrogen-bond donors (Lipinski definition) is 1. The van der Waals surface area contributed by atoms with E-state index in [4.69, 9.17) is 9.47 Å². The quantitative estimate of drug-likeness (QED) is 0.605. The van der Waals surface area contributed by atoms with Crippen molar-refractivity contribution < 1.29 is 9.47 Å². The predicted octanol–water partition coefficient (Wildman–Crippen LogP) is 1.84. The van der Waals surface area contributed by atoms with Crippen LogP contribution in [0.1, 0.15) is 0 Å². The highest BCUT2D eigenvalue weighted by atomic mass is 16.7. The maximum atomic E-state index is 5.20. The lowest BCUT2D eigenvalue weighted by atomic mass is 10.3. The molecule has 0 atom stereocenters. The topological polar surface area (TPSA) is 55.2 Å². The summed E-state index contributed by atoms with van der Waals surface area (Å²) in [5, 5.41) is 7.73. The number of anilines is 1. The largest absolute Gasteiger partial charge is 0.348 e. The molecule has 2 rings (SSSR count). The van der Waals surface area contributed by atoms with Gasteiger partial charge in [-0.05, 0) is 12.1 Å². The fourth-order valence-electron chi connectivity index (χ4n) is 1.23. The van der Waals surface area contributed by atoms with E-state index in [9.17, 15) is 0 Å². The molecule has 1 aromatic carbocycles. The van der Waals surface area contributed by atoms with Crippen LogP contribution in [0.15, 0.2) is 40.7 Å². The molecule has 0 saturated carbocycles. The van der Waals surface area contributed by atoms with Crippen molar-refractivity contribution in [2.24, 2.45) is 10.3 Å². The van der Waals surface area contributed by atoms with E-state index in [1.54, 1.807) is 0 Å². The van der Waals surface area contributed by atoms with Gasteiger partial charge in [-0.25, -0.2) is 0 Å². The highest BCUT2D eigenvalue weighted by molar-refractivity contribution is 5.41. The summed E-state index contributed by atoms with van der Waals surface area (Å²) in [6.45, 7) is 1.72. The zero-order valence-corrected chi connectivity index (χ0v) is 8.30. The normalized spacial score (nSPS) is 17.3. The second kappa shape index (κ2) is 5.43. The number of ether oxygens (including phenoxy) is 2. The van der Waals surface area contributed by atoms with Gasteiger partial charge in [0, 0.05) is 0 Å². The molecule has 0 radical (unpaired) electrons. The molecule has 0 bridgehead atoms. The number of para-hydroxylation sites is 1. The summed E-state index contributed by atoms with van der Waals surface area (Å²) >= 11 is 0. The van der Waals surface area contributed by atoms with Gasteiger partial charge in [0.05, 0.1) is 18.9 Å². The van der Waals surface area contributed by atoms with Crippen LogP contribution in [0, 0.1) is 0 Å². The Bertz CT molecular complexity index is 310. The van der Waals surface area contributed by atoms with Crippen molar-refractivity contribution in [2.45, 2.75) is 6.29 Å². The average molecular weight is 207 g/mol. The van der Waals surface area contributed by atoms with E-state index < -0.39 is 0 Å². The van der Waals surface area contributed by atoms with Crippen molar-refractivity contribution in [1.29, 1.82) is 0 Å². The second-order valence-electron chi connectivity index (χ2n) is 3.07. The van der Waals surface area contributed by atoms with Crippen LogP contribution in [0.25, 0.3) is 0 Å². The van der Waals surface area contributed by atoms with Crippen molar-refractivity contribution in [3.8, 4) is 0 Å². The maximum Gasteiger partial charge on any atom is 0.179 e. The molecule has 1 aliphatic rings. The molecule has 0 aromatic heterocycles. The molecule has 1 N–H and O–H groups in total. The summed E-state index contributed by atoms with van der Waals surface area (Å²) in [6.07, 6.45) is -0.230. The molecular weight excluding hydrogens is 194 g/mol. The second-order valence-corrected chi connectivity index (χ2v) is 3.07. The van der Waals surface area contributed by atoms with E-state index in [2.05, 4.69) is 15.8 Å². The Balaban J connectivity index is 1.71. The third-order valence-corrected chi connectivity index (χ3v) is 1.95. The molecule has 0 spiro atoms. The first-order chi connectivity index (χ1) is 7.45. The van der Waals surface area contributed by atoms with Crippen LogP contribution in [-0.4, -0.2) is 26.0 Å². The molecule has 1 fully saturated rings. The maximum absolute atomic E-state index is 5.20. The summed E-state index contributed by atoms with van der Waals surface area (Å²) < 4.78 is 10.4. The highest BCUT2D eigenvalue weighted by Gasteiger charge is 2.14. The molecule has 1 aliphatic heterocycles. The third-order valence-electron chi connectivity index (χ3n) is 1.95. The van der Waals surface area contributed by atoms with Crippen LogP contribution in [0.5, 0.6) is 0 Å². The molecular formula is C10H13N3O2. The monoisotopic (exact) mass is 207 g/mol. The summed E-state index contributed by atoms with van der Waals surface area (Å²) in [4.78, 5) is 0. The molecule has 0 unspecified atom stereocenters. The number of benzene rings is 1. The van der Waals surface area contributed by atoms with Gasteiger partial charge < -0.3 is 9.47 Å². The van der Waals surface area contributed by atoms with Gasteiger partial charge in [0.25, 0.3) is 0 Å². The molecule has 0 aliphatic carbocycles. The van der Waals surface area contributed by atoms with E-state index in [1.165, 1.54) is 0 Å². The van der Waals surface area contributed by atoms with E-state index in [0.717, 1.165) is 5.69 Å². The lowest BCUT2D eigenvalue weighted by Crippen LogP contribution is -2.11. The molecule has 1 saturated heterocycles. The average Bonchev–Trinajstić information content (AvgIpc) is 2.79. The first-order valence-corrected chi connectivity index (χ1v) is 4.86. The molecule has 1 heterocycles. The number of hydrogen-bond acceptors (Lipinski definition) is 4. The Kier molecular flexibility index (Phi) is 3.64. The van der Waals surface area contributed by atoms with Crippen molar-refractivity contribution >= 4 is 5.69 Å². The van der Waals surface area contributed by atoms with Gasteiger partial charge in [-0.15, -0.1) is 0 Å². The van der Waals surface area contributed by atoms with Gasteiger partial charge in [-0.2, -0.15) is 5.11 Å². The minimum absolute atomic E-state index is 0.230. The first-order valence-electron chi connectivity index (χ1n) is 4.86. The lowest BCUT2D eigenvalue weighted by Gasteiger charge is -2.03. The smallest absolute Gasteiger partial charge is 0.179 e. The van der Waals surface area contributed by atoms with Crippen molar-refractivity contribution in [2.75, 3.05) is 25.2 Å². The van der Waals surface area contributed by atoms with Gasteiger partial charge >= 0.3 is 0 Å². The van der Waals surface area contributed by atoms with Gasteiger partial charge in [0.15, 0.2) is 6.29 Å². The lowest BCUT2D eigenvalue weighted by molar-refractivity contribution is -0.0336. The molecule has 15 heavy (non-hydrogen) atoms. The summed E-state index contributed by atoms with van der Waals surface area (Å²) in [6, 6.07) is 9.65.